The van der Waals surface area contributed by atoms with E-state index in [4.69, 9.17) is 12.6 Å². The van der Waals surface area contributed by atoms with Gasteiger partial charge in [-0.2, -0.15) is 12.6 Å². The van der Waals surface area contributed by atoms with E-state index in [0.717, 1.165) is 24.9 Å². The fourth-order valence-electron chi connectivity index (χ4n) is 6.84. The highest BCUT2D eigenvalue weighted by atomic mass is 32.1. The molecular weight excluding hydrogens is 599 g/mol. The van der Waals surface area contributed by atoms with Crippen molar-refractivity contribution in [2.75, 3.05) is 5.32 Å². The van der Waals surface area contributed by atoms with Crippen molar-refractivity contribution in [3.8, 4) is 0 Å². The number of nitrogens with one attached hydrogen (secondary N) is 1. The molecule has 2 aromatic carbocycles. The molecule has 0 radical (unpaired) electrons. The van der Waals surface area contributed by atoms with Crippen LogP contribution in [-0.2, 0) is 0 Å². The van der Waals surface area contributed by atoms with Crippen LogP contribution in [0.5, 0.6) is 0 Å². The van der Waals surface area contributed by atoms with Gasteiger partial charge >= 0.3 is 0 Å². The van der Waals surface area contributed by atoms with Crippen molar-refractivity contribution in [1.29, 1.82) is 0 Å². The molecule has 4 aliphatic rings. The average Bonchev–Trinajstić information content (AvgIpc) is 3.32. The first-order valence-electron chi connectivity index (χ1n) is 16.8. The maximum Gasteiger partial charge on any atom is 0.0468 e. The predicted molar refractivity (Wildman–Crippen MR) is 213 cm³/mol. The number of anilines is 1. The number of benzene rings is 2. The third-order valence-electron chi connectivity index (χ3n) is 9.30. The van der Waals surface area contributed by atoms with E-state index in [1.165, 1.54) is 55.7 Å². The standard InChI is InChI=1S/C46H43NS/c1-3-4-24-42-32-40(39-27-29-45(35(2)31-39)47-30-13-12-18-36-16-8-5-6-9-17-36)26-28-43(34-48)46(42)33-41(37-19-10-7-11-20-37)23-14-21-38-22-15-25-44(38)46/h3-5,7-24,26-32,34,47-48H,6,25,33H2,1-2H3/b4-3-,18-12-,21-14-,30-13-,41-23+,42-24-,43-34-. The van der Waals surface area contributed by atoms with Crippen molar-refractivity contribution in [2.45, 2.75) is 33.1 Å². The van der Waals surface area contributed by atoms with E-state index in [9.17, 15) is 0 Å². The molecule has 0 bridgehead atoms. The summed E-state index contributed by atoms with van der Waals surface area (Å²) in [6, 6.07) is 17.5. The number of rotatable bonds is 7. The predicted octanol–water partition coefficient (Wildman–Crippen LogP) is 12.5. The Morgan fingerprint density at radius 3 is 2.54 bits per heavy atom. The first-order chi connectivity index (χ1) is 23.6. The van der Waals surface area contributed by atoms with Gasteiger partial charge in [-0.3, -0.25) is 0 Å². The zero-order valence-corrected chi connectivity index (χ0v) is 28.7. The first-order valence-corrected chi connectivity index (χ1v) is 17.3. The van der Waals surface area contributed by atoms with Crippen molar-refractivity contribution >= 4 is 29.5 Å². The van der Waals surface area contributed by atoms with Gasteiger partial charge in [0.15, 0.2) is 0 Å². The zero-order chi connectivity index (χ0) is 33.2. The van der Waals surface area contributed by atoms with E-state index in [2.05, 4.69) is 177 Å². The number of hydrogen-bond acceptors (Lipinski definition) is 2. The molecule has 2 heteroatoms. The summed E-state index contributed by atoms with van der Waals surface area (Å²) < 4.78 is 0. The highest BCUT2D eigenvalue weighted by Gasteiger charge is 2.43. The monoisotopic (exact) mass is 641 g/mol. The number of allylic oxidation sites excluding steroid dienone is 26. The van der Waals surface area contributed by atoms with Crippen LogP contribution in [-0.4, -0.2) is 0 Å². The Bertz CT molecular complexity index is 1970. The summed E-state index contributed by atoms with van der Waals surface area (Å²) >= 11 is 4.87. The lowest BCUT2D eigenvalue weighted by Gasteiger charge is -2.40. The molecule has 4 aliphatic carbocycles. The summed E-state index contributed by atoms with van der Waals surface area (Å²) in [5.74, 6) is 0. The minimum Gasteiger partial charge on any atom is -0.361 e. The van der Waals surface area contributed by atoms with E-state index >= 15 is 0 Å². The maximum absolute atomic E-state index is 4.87. The van der Waals surface area contributed by atoms with Crippen molar-refractivity contribution in [1.82, 2.24) is 0 Å². The lowest BCUT2D eigenvalue weighted by atomic mass is 9.62. The summed E-state index contributed by atoms with van der Waals surface area (Å²) in [4.78, 5) is 0. The van der Waals surface area contributed by atoms with Gasteiger partial charge in [-0.15, -0.1) is 0 Å². The van der Waals surface area contributed by atoms with Gasteiger partial charge < -0.3 is 5.32 Å². The molecule has 48 heavy (non-hydrogen) atoms. The molecule has 0 aliphatic heterocycles. The lowest BCUT2D eigenvalue weighted by molar-refractivity contribution is 0.542. The molecular formula is C46H43NS. The molecule has 1 N–H and O–H groups in total. The SMILES string of the molecule is C/C=C\C=C1\C=C(c2ccc(N/C=C\C=C/C3=CC=CCC=C3)c(C)c2)C=C/C(=C/S)C12C/C(c1ccccc1)=C\C=C/C1=C2CC=C1. The normalized spacial score (nSPS) is 24.2. The summed E-state index contributed by atoms with van der Waals surface area (Å²) in [5, 5.41) is 5.50. The fraction of sp³-hybridized carbons (Fsp3) is 0.130. The molecule has 0 fully saturated rings. The van der Waals surface area contributed by atoms with E-state index < -0.39 is 5.41 Å². The Kier molecular flexibility index (Phi) is 10.7. The molecule has 0 amide bonds. The van der Waals surface area contributed by atoms with Crippen LogP contribution in [0.25, 0.3) is 11.1 Å². The van der Waals surface area contributed by atoms with E-state index in [1.807, 2.05) is 17.7 Å². The summed E-state index contributed by atoms with van der Waals surface area (Å²) in [7, 11) is 0. The second-order valence-electron chi connectivity index (χ2n) is 12.3. The van der Waals surface area contributed by atoms with Crippen molar-refractivity contribution in [3.05, 3.63) is 220 Å². The van der Waals surface area contributed by atoms with E-state index in [1.54, 1.807) is 0 Å². The van der Waals surface area contributed by atoms with Crippen LogP contribution < -0.4 is 5.32 Å². The van der Waals surface area contributed by atoms with Gasteiger partial charge in [0.05, 0.1) is 0 Å². The number of fused-ring (bicyclic) bond motifs is 1. The van der Waals surface area contributed by atoms with Crippen molar-refractivity contribution in [2.24, 2.45) is 5.41 Å². The Labute approximate surface area is 292 Å². The first kappa shape index (κ1) is 32.9. The number of aryl methyl sites for hydroxylation is 1. The molecule has 0 saturated heterocycles. The van der Waals surface area contributed by atoms with Crippen LogP contribution in [0.1, 0.15) is 42.9 Å². The molecule has 1 atom stereocenters. The van der Waals surface area contributed by atoms with Gasteiger partial charge in [0, 0.05) is 17.3 Å². The quantitative estimate of drug-likeness (QED) is 0.226. The van der Waals surface area contributed by atoms with Gasteiger partial charge in [0.2, 0.25) is 0 Å². The molecule has 1 unspecified atom stereocenters. The minimum atomic E-state index is -0.390. The highest BCUT2D eigenvalue weighted by Crippen LogP contribution is 2.56. The Morgan fingerprint density at radius 2 is 1.71 bits per heavy atom. The van der Waals surface area contributed by atoms with Crippen LogP contribution in [0.4, 0.5) is 5.69 Å². The maximum atomic E-state index is 4.87. The molecule has 6 rings (SSSR count). The van der Waals surface area contributed by atoms with E-state index in [-0.39, 0.29) is 0 Å². The summed E-state index contributed by atoms with van der Waals surface area (Å²) in [6.07, 6.45) is 46.6. The van der Waals surface area contributed by atoms with Gasteiger partial charge in [-0.1, -0.05) is 140 Å². The summed E-state index contributed by atoms with van der Waals surface area (Å²) in [6.45, 7) is 4.25. The molecule has 238 valence electrons. The highest BCUT2D eigenvalue weighted by molar-refractivity contribution is 7.83. The van der Waals surface area contributed by atoms with Crippen LogP contribution in [0.3, 0.4) is 0 Å². The Morgan fingerprint density at radius 1 is 0.812 bits per heavy atom. The third-order valence-corrected chi connectivity index (χ3v) is 9.58. The molecule has 1 spiro atoms. The summed E-state index contributed by atoms with van der Waals surface area (Å²) in [5.41, 5.74) is 13.2. The topological polar surface area (TPSA) is 12.0 Å². The molecule has 1 nitrogen and oxygen atoms in total. The lowest BCUT2D eigenvalue weighted by Crippen LogP contribution is -2.28. The van der Waals surface area contributed by atoms with Crippen LogP contribution in [0, 0.1) is 12.3 Å². The fourth-order valence-corrected chi connectivity index (χ4v) is 7.15. The Hall–Kier alpha value is -5.05. The van der Waals surface area contributed by atoms with Gasteiger partial charge in [-0.05, 0) is 119 Å². The largest absolute Gasteiger partial charge is 0.361 e. The average molecular weight is 642 g/mol. The second-order valence-corrected chi connectivity index (χ2v) is 12.6. The van der Waals surface area contributed by atoms with Gasteiger partial charge in [0.25, 0.3) is 0 Å². The minimum absolute atomic E-state index is 0.390. The van der Waals surface area contributed by atoms with Crippen LogP contribution in [0.2, 0.25) is 0 Å². The zero-order valence-electron chi connectivity index (χ0n) is 27.8. The Balaban J connectivity index is 1.36. The van der Waals surface area contributed by atoms with Crippen LogP contribution >= 0.6 is 12.6 Å². The van der Waals surface area contributed by atoms with Gasteiger partial charge in [0.1, 0.15) is 0 Å². The smallest absolute Gasteiger partial charge is 0.0468 e. The molecule has 0 saturated carbocycles. The van der Waals surface area contributed by atoms with Crippen LogP contribution in [0.15, 0.2) is 203 Å². The van der Waals surface area contributed by atoms with Crippen molar-refractivity contribution in [3.63, 3.8) is 0 Å². The third kappa shape index (κ3) is 7.25. The van der Waals surface area contributed by atoms with Gasteiger partial charge in [-0.25, -0.2) is 0 Å². The molecule has 2 aromatic rings. The molecule has 0 aromatic heterocycles. The second kappa shape index (κ2) is 15.7. The molecule has 0 heterocycles. The number of thiol groups is 1. The van der Waals surface area contributed by atoms with E-state index in [0.29, 0.717) is 0 Å². The number of hydrogen-bond donors (Lipinski definition) is 2. The van der Waals surface area contributed by atoms with Crippen molar-refractivity contribution < 1.29 is 0 Å².